The summed E-state index contributed by atoms with van der Waals surface area (Å²) in [5.74, 6) is -0.0518. The number of benzene rings is 1. The van der Waals surface area contributed by atoms with E-state index in [-0.39, 0.29) is 18.1 Å². The summed E-state index contributed by atoms with van der Waals surface area (Å²) in [7, 11) is 0. The first-order valence-corrected chi connectivity index (χ1v) is 6.17. The Morgan fingerprint density at radius 3 is 2.89 bits per heavy atom. The first-order valence-electron chi connectivity index (χ1n) is 6.17. The molecule has 1 rings (SSSR count). The maximum absolute atomic E-state index is 13.5. The van der Waals surface area contributed by atoms with Gasteiger partial charge in [0, 0.05) is 13.1 Å². The van der Waals surface area contributed by atoms with Crippen molar-refractivity contribution in [3.63, 3.8) is 0 Å². The number of nitrogens with one attached hydrogen (secondary N) is 1. The molecule has 5 heteroatoms. The van der Waals surface area contributed by atoms with E-state index in [1.807, 2.05) is 13.0 Å². The van der Waals surface area contributed by atoms with Gasteiger partial charge in [-0.05, 0) is 37.6 Å². The molecule has 1 aromatic carbocycles. The van der Waals surface area contributed by atoms with E-state index in [2.05, 4.69) is 5.32 Å². The maximum Gasteiger partial charge on any atom is 0.165 e. The molecule has 0 amide bonds. The Hall–Kier alpha value is -1.17. The van der Waals surface area contributed by atoms with E-state index in [1.165, 1.54) is 6.07 Å². The Balaban J connectivity index is 2.37. The predicted octanol–water partition coefficient (Wildman–Crippen LogP) is 0.676. The van der Waals surface area contributed by atoms with Crippen LogP contribution in [0.2, 0.25) is 0 Å². The van der Waals surface area contributed by atoms with E-state index < -0.39 is 6.10 Å². The number of rotatable bonds is 8. The van der Waals surface area contributed by atoms with Gasteiger partial charge in [0.2, 0.25) is 0 Å². The van der Waals surface area contributed by atoms with E-state index in [9.17, 15) is 9.50 Å². The average molecular weight is 256 g/mol. The van der Waals surface area contributed by atoms with Gasteiger partial charge in [0.15, 0.2) is 11.6 Å². The second-order valence-corrected chi connectivity index (χ2v) is 4.04. The number of hydrogen-bond acceptors (Lipinski definition) is 4. The van der Waals surface area contributed by atoms with E-state index in [0.717, 1.165) is 5.56 Å². The molecule has 0 aliphatic heterocycles. The molecule has 18 heavy (non-hydrogen) atoms. The minimum atomic E-state index is -0.526. The Labute approximate surface area is 107 Å². The average Bonchev–Trinajstić information content (AvgIpc) is 2.37. The van der Waals surface area contributed by atoms with Crippen LogP contribution in [0.3, 0.4) is 0 Å². The fourth-order valence-corrected chi connectivity index (χ4v) is 1.56. The molecule has 1 aromatic rings. The van der Waals surface area contributed by atoms with Gasteiger partial charge < -0.3 is 20.9 Å². The third-order valence-electron chi connectivity index (χ3n) is 2.54. The van der Waals surface area contributed by atoms with E-state index in [0.29, 0.717) is 26.1 Å². The van der Waals surface area contributed by atoms with Gasteiger partial charge in [-0.15, -0.1) is 0 Å². The highest BCUT2D eigenvalue weighted by atomic mass is 19.1. The highest BCUT2D eigenvalue weighted by Crippen LogP contribution is 2.18. The van der Waals surface area contributed by atoms with Gasteiger partial charge in [0.1, 0.15) is 0 Å². The molecular weight excluding hydrogens is 235 g/mol. The van der Waals surface area contributed by atoms with Crippen LogP contribution in [0.1, 0.15) is 12.5 Å². The zero-order valence-corrected chi connectivity index (χ0v) is 10.7. The van der Waals surface area contributed by atoms with Crippen LogP contribution < -0.4 is 15.8 Å². The second-order valence-electron chi connectivity index (χ2n) is 4.04. The Bertz CT molecular complexity index is 361. The van der Waals surface area contributed by atoms with Gasteiger partial charge in [0.25, 0.3) is 0 Å². The quantitative estimate of drug-likeness (QED) is 0.598. The molecule has 0 saturated carbocycles. The van der Waals surface area contributed by atoms with Gasteiger partial charge in [-0.3, -0.25) is 0 Å². The molecule has 4 N–H and O–H groups in total. The zero-order chi connectivity index (χ0) is 13.4. The minimum absolute atomic E-state index is 0.241. The van der Waals surface area contributed by atoms with E-state index >= 15 is 0 Å². The molecule has 1 unspecified atom stereocenters. The van der Waals surface area contributed by atoms with Gasteiger partial charge >= 0.3 is 0 Å². The Morgan fingerprint density at radius 2 is 2.28 bits per heavy atom. The van der Waals surface area contributed by atoms with Crippen LogP contribution in [0.15, 0.2) is 18.2 Å². The minimum Gasteiger partial charge on any atom is -0.491 e. The van der Waals surface area contributed by atoms with Crippen molar-refractivity contribution in [2.75, 3.05) is 26.2 Å². The summed E-state index contributed by atoms with van der Waals surface area (Å²) >= 11 is 0. The van der Waals surface area contributed by atoms with Crippen LogP contribution in [0.5, 0.6) is 5.75 Å². The third kappa shape index (κ3) is 5.00. The molecule has 102 valence electrons. The van der Waals surface area contributed by atoms with E-state index in [1.54, 1.807) is 6.07 Å². The molecule has 0 aromatic heterocycles. The largest absolute Gasteiger partial charge is 0.491 e. The smallest absolute Gasteiger partial charge is 0.165 e. The van der Waals surface area contributed by atoms with Crippen molar-refractivity contribution in [3.8, 4) is 5.75 Å². The fraction of sp³-hybridized carbons (Fsp3) is 0.538. The highest BCUT2D eigenvalue weighted by Gasteiger charge is 2.04. The van der Waals surface area contributed by atoms with Gasteiger partial charge in [-0.2, -0.15) is 0 Å². The SMILES string of the molecule is CCOc1ccc(CCNCC(O)CN)cc1F. The van der Waals surface area contributed by atoms with Crippen molar-refractivity contribution in [2.24, 2.45) is 5.73 Å². The number of aliphatic hydroxyl groups excluding tert-OH is 1. The Kier molecular flexibility index (Phi) is 6.64. The fourth-order valence-electron chi connectivity index (χ4n) is 1.56. The molecule has 0 bridgehead atoms. The molecule has 0 aliphatic rings. The van der Waals surface area contributed by atoms with Crippen LogP contribution in [0.4, 0.5) is 4.39 Å². The zero-order valence-electron chi connectivity index (χ0n) is 10.7. The molecule has 4 nitrogen and oxygen atoms in total. The topological polar surface area (TPSA) is 67.5 Å². The van der Waals surface area contributed by atoms with Gasteiger partial charge in [-0.1, -0.05) is 6.07 Å². The van der Waals surface area contributed by atoms with Crippen molar-refractivity contribution in [1.29, 1.82) is 0 Å². The lowest BCUT2D eigenvalue weighted by molar-refractivity contribution is 0.180. The summed E-state index contributed by atoms with van der Waals surface area (Å²) in [5, 5.41) is 12.3. The molecule has 1 atom stereocenters. The molecule has 0 heterocycles. The van der Waals surface area contributed by atoms with Crippen LogP contribution in [-0.2, 0) is 6.42 Å². The van der Waals surface area contributed by atoms with Crippen LogP contribution >= 0.6 is 0 Å². The lowest BCUT2D eigenvalue weighted by Gasteiger charge is -2.10. The van der Waals surface area contributed by atoms with Crippen LogP contribution in [-0.4, -0.2) is 37.5 Å². The van der Waals surface area contributed by atoms with Crippen molar-refractivity contribution in [1.82, 2.24) is 5.32 Å². The predicted molar refractivity (Wildman–Crippen MR) is 69.2 cm³/mol. The van der Waals surface area contributed by atoms with Gasteiger partial charge in [0.05, 0.1) is 12.7 Å². The van der Waals surface area contributed by atoms with Crippen molar-refractivity contribution in [2.45, 2.75) is 19.4 Å². The Morgan fingerprint density at radius 1 is 1.50 bits per heavy atom. The maximum atomic E-state index is 13.5. The standard InChI is InChI=1S/C13H21FN2O2/c1-2-18-13-4-3-10(7-12(13)14)5-6-16-9-11(17)8-15/h3-4,7,11,16-17H,2,5-6,8-9,15H2,1H3. The number of aliphatic hydroxyl groups is 1. The molecule has 0 saturated heterocycles. The van der Waals surface area contributed by atoms with Crippen LogP contribution in [0, 0.1) is 5.82 Å². The summed E-state index contributed by atoms with van der Waals surface area (Å²) < 4.78 is 18.7. The lowest BCUT2D eigenvalue weighted by Crippen LogP contribution is -2.33. The number of hydrogen-bond donors (Lipinski definition) is 3. The number of nitrogens with two attached hydrogens (primary N) is 1. The normalized spacial score (nSPS) is 12.4. The summed E-state index contributed by atoms with van der Waals surface area (Å²) in [6.45, 7) is 3.64. The molecular formula is C13H21FN2O2. The lowest BCUT2D eigenvalue weighted by atomic mass is 10.1. The molecule has 0 radical (unpaired) electrons. The van der Waals surface area contributed by atoms with Crippen molar-refractivity contribution in [3.05, 3.63) is 29.6 Å². The second kappa shape index (κ2) is 8.02. The summed E-state index contributed by atoms with van der Waals surface area (Å²) in [6, 6.07) is 4.96. The highest BCUT2D eigenvalue weighted by molar-refractivity contribution is 5.29. The first kappa shape index (κ1) is 14.9. The van der Waals surface area contributed by atoms with Crippen LogP contribution in [0.25, 0.3) is 0 Å². The molecule has 0 fully saturated rings. The first-order chi connectivity index (χ1) is 8.67. The summed E-state index contributed by atoms with van der Waals surface area (Å²) in [5.41, 5.74) is 6.17. The summed E-state index contributed by atoms with van der Waals surface area (Å²) in [6.07, 6.45) is 0.169. The molecule has 0 aliphatic carbocycles. The van der Waals surface area contributed by atoms with Crippen molar-refractivity contribution < 1.29 is 14.2 Å². The molecule has 0 spiro atoms. The number of ether oxygens (including phenoxy) is 1. The van der Waals surface area contributed by atoms with Crippen molar-refractivity contribution >= 4 is 0 Å². The number of halogens is 1. The van der Waals surface area contributed by atoms with E-state index in [4.69, 9.17) is 10.5 Å². The monoisotopic (exact) mass is 256 g/mol. The third-order valence-corrected chi connectivity index (χ3v) is 2.54. The van der Waals surface area contributed by atoms with Gasteiger partial charge in [-0.25, -0.2) is 4.39 Å². The summed E-state index contributed by atoms with van der Waals surface area (Å²) in [4.78, 5) is 0.